The smallest absolute Gasteiger partial charge is 0.328 e. The number of H-pyrrole nitrogens is 1. The number of carbonyl (C=O) groups excluding carboxylic acids is 1. The average molecular weight is 499 g/mol. The highest BCUT2D eigenvalue weighted by Crippen LogP contribution is 2.38. The number of anilines is 1. The number of ether oxygens (including phenoxy) is 4. The van der Waals surface area contributed by atoms with Gasteiger partial charge >= 0.3 is 5.69 Å². The summed E-state index contributed by atoms with van der Waals surface area (Å²) in [4.78, 5) is 37.3. The molecular formula is C25H26FN3O7. The van der Waals surface area contributed by atoms with Crippen LogP contribution in [0.4, 0.5) is 10.1 Å². The molecule has 2 aromatic carbocycles. The molecule has 2 N–H and O–H groups in total. The first-order chi connectivity index (χ1) is 17.3. The first kappa shape index (κ1) is 26.1. The molecule has 0 fully saturated rings. The van der Waals surface area contributed by atoms with Gasteiger partial charge in [-0.15, -0.1) is 0 Å². The molecule has 0 saturated heterocycles. The van der Waals surface area contributed by atoms with Gasteiger partial charge in [0.2, 0.25) is 17.5 Å². The molecule has 1 aromatic heterocycles. The maximum atomic E-state index is 13.4. The van der Waals surface area contributed by atoms with E-state index in [0.717, 1.165) is 21.9 Å². The highest BCUT2D eigenvalue weighted by atomic mass is 19.1. The zero-order valence-electron chi connectivity index (χ0n) is 20.2. The number of aromatic nitrogens is 2. The highest BCUT2D eigenvalue weighted by Gasteiger charge is 2.13. The van der Waals surface area contributed by atoms with E-state index in [9.17, 15) is 18.8 Å². The van der Waals surface area contributed by atoms with Crippen molar-refractivity contribution in [2.24, 2.45) is 0 Å². The van der Waals surface area contributed by atoms with Gasteiger partial charge in [0.15, 0.2) is 11.5 Å². The van der Waals surface area contributed by atoms with Crippen LogP contribution < -0.4 is 35.5 Å². The molecule has 0 spiro atoms. The van der Waals surface area contributed by atoms with Gasteiger partial charge in [-0.3, -0.25) is 19.1 Å². The second-order valence-corrected chi connectivity index (χ2v) is 7.48. The van der Waals surface area contributed by atoms with Crippen LogP contribution in [-0.2, 0) is 11.3 Å². The number of rotatable bonds is 10. The minimum absolute atomic E-state index is 0.124. The number of aryl methyl sites for hydroxylation is 1. The second kappa shape index (κ2) is 11.7. The molecule has 190 valence electrons. The number of carbonyl (C=O) groups is 1. The monoisotopic (exact) mass is 499 g/mol. The van der Waals surface area contributed by atoms with Crippen molar-refractivity contribution in [1.82, 2.24) is 9.55 Å². The lowest BCUT2D eigenvalue weighted by Gasteiger charge is -2.13. The number of nitrogens with one attached hydrogen (secondary N) is 2. The molecule has 0 saturated carbocycles. The number of hydrogen-bond acceptors (Lipinski definition) is 7. The second-order valence-electron chi connectivity index (χ2n) is 7.48. The third-order valence-electron chi connectivity index (χ3n) is 5.20. The lowest BCUT2D eigenvalue weighted by Crippen LogP contribution is -2.32. The third kappa shape index (κ3) is 6.12. The van der Waals surface area contributed by atoms with Crippen LogP contribution in [0.5, 0.6) is 23.0 Å². The van der Waals surface area contributed by atoms with E-state index in [2.05, 4.69) is 5.32 Å². The van der Waals surface area contributed by atoms with Crippen LogP contribution in [0, 0.1) is 5.82 Å². The van der Waals surface area contributed by atoms with Gasteiger partial charge in [-0.25, -0.2) is 4.79 Å². The Kier molecular flexibility index (Phi) is 8.50. The van der Waals surface area contributed by atoms with Crippen molar-refractivity contribution in [3.8, 4) is 23.0 Å². The standard InChI is InChI=1S/C25H26FN3O7/c1-33-19-8-7-15(5-6-16-12-20(34-2)23(36-4)21(13-16)35-3)11-18(19)27-22(30)9-10-29-14-17(26)24(31)28-25(29)32/h5-8,11-14H,9-10H2,1-4H3,(H,27,30)(H,28,31,32)/b6-5+. The van der Waals surface area contributed by atoms with E-state index in [1.807, 2.05) is 23.2 Å². The lowest BCUT2D eigenvalue weighted by molar-refractivity contribution is -0.116. The number of aromatic amines is 1. The maximum absolute atomic E-state index is 13.4. The Morgan fingerprint density at radius 3 is 2.19 bits per heavy atom. The zero-order valence-corrected chi connectivity index (χ0v) is 20.2. The van der Waals surface area contributed by atoms with Gasteiger partial charge in [0.1, 0.15) is 5.75 Å². The van der Waals surface area contributed by atoms with E-state index in [1.54, 1.807) is 24.3 Å². The molecule has 0 radical (unpaired) electrons. The summed E-state index contributed by atoms with van der Waals surface area (Å²) in [6.45, 7) is -0.124. The van der Waals surface area contributed by atoms with Crippen LogP contribution in [0.3, 0.4) is 0 Å². The molecule has 0 aliphatic heterocycles. The fourth-order valence-corrected chi connectivity index (χ4v) is 3.40. The van der Waals surface area contributed by atoms with Gasteiger partial charge in [-0.05, 0) is 35.4 Å². The summed E-state index contributed by atoms with van der Waals surface area (Å²) in [5.74, 6) is 0.404. The minimum Gasteiger partial charge on any atom is -0.495 e. The van der Waals surface area contributed by atoms with Crippen LogP contribution in [0.2, 0.25) is 0 Å². The van der Waals surface area contributed by atoms with Crippen LogP contribution in [0.1, 0.15) is 17.5 Å². The summed E-state index contributed by atoms with van der Waals surface area (Å²) < 4.78 is 35.8. The number of nitrogens with zero attached hydrogens (tertiary/aromatic N) is 1. The van der Waals surface area contributed by atoms with E-state index < -0.39 is 23.0 Å². The molecule has 0 atom stereocenters. The fourth-order valence-electron chi connectivity index (χ4n) is 3.40. The molecule has 11 heteroatoms. The molecule has 0 unspecified atom stereocenters. The van der Waals surface area contributed by atoms with Gasteiger partial charge in [0, 0.05) is 13.0 Å². The molecular weight excluding hydrogens is 473 g/mol. The van der Waals surface area contributed by atoms with Gasteiger partial charge in [-0.1, -0.05) is 18.2 Å². The van der Waals surface area contributed by atoms with Gasteiger partial charge in [-0.2, -0.15) is 4.39 Å². The maximum Gasteiger partial charge on any atom is 0.328 e. The quantitative estimate of drug-likeness (QED) is 0.412. The summed E-state index contributed by atoms with van der Waals surface area (Å²) in [6.07, 6.45) is 4.30. The normalized spacial score (nSPS) is 10.8. The van der Waals surface area contributed by atoms with E-state index in [4.69, 9.17) is 18.9 Å². The summed E-state index contributed by atoms with van der Waals surface area (Å²) in [5, 5.41) is 2.73. The molecule has 10 nitrogen and oxygen atoms in total. The van der Waals surface area contributed by atoms with E-state index >= 15 is 0 Å². The molecule has 1 heterocycles. The highest BCUT2D eigenvalue weighted by molar-refractivity contribution is 5.93. The first-order valence-corrected chi connectivity index (χ1v) is 10.7. The summed E-state index contributed by atoms with van der Waals surface area (Å²) in [5.41, 5.74) is 0.0605. The Morgan fingerprint density at radius 2 is 1.58 bits per heavy atom. The summed E-state index contributed by atoms with van der Waals surface area (Å²) >= 11 is 0. The van der Waals surface area contributed by atoms with Gasteiger partial charge in [0.25, 0.3) is 5.56 Å². The van der Waals surface area contributed by atoms with Crippen LogP contribution in [0.15, 0.2) is 46.1 Å². The predicted molar refractivity (Wildman–Crippen MR) is 133 cm³/mol. The molecule has 1 amide bonds. The summed E-state index contributed by atoms with van der Waals surface area (Å²) in [6, 6.07) is 8.83. The lowest BCUT2D eigenvalue weighted by atomic mass is 10.1. The Balaban J connectivity index is 1.77. The Hall–Kier alpha value is -4.54. The van der Waals surface area contributed by atoms with Crippen LogP contribution in [0.25, 0.3) is 12.2 Å². The van der Waals surface area contributed by atoms with Crippen LogP contribution >= 0.6 is 0 Å². The van der Waals surface area contributed by atoms with Gasteiger partial charge < -0.3 is 24.3 Å². The van der Waals surface area contributed by atoms with Crippen molar-refractivity contribution in [2.45, 2.75) is 13.0 Å². The number of methoxy groups -OCH3 is 4. The van der Waals surface area contributed by atoms with Crippen molar-refractivity contribution < 1.29 is 28.1 Å². The number of halogens is 1. The van der Waals surface area contributed by atoms with E-state index in [0.29, 0.717) is 28.7 Å². The van der Waals surface area contributed by atoms with E-state index in [-0.39, 0.29) is 13.0 Å². The molecule has 3 rings (SSSR count). The zero-order chi connectivity index (χ0) is 26.2. The third-order valence-corrected chi connectivity index (χ3v) is 5.20. The topological polar surface area (TPSA) is 121 Å². The molecule has 0 aliphatic carbocycles. The number of amides is 1. The average Bonchev–Trinajstić information content (AvgIpc) is 2.88. The van der Waals surface area contributed by atoms with Crippen molar-refractivity contribution >= 4 is 23.7 Å². The molecule has 36 heavy (non-hydrogen) atoms. The Bertz CT molecular complexity index is 1370. The molecule has 0 aliphatic rings. The molecule has 3 aromatic rings. The minimum atomic E-state index is -1.11. The Morgan fingerprint density at radius 1 is 0.944 bits per heavy atom. The van der Waals surface area contributed by atoms with Crippen molar-refractivity contribution in [3.05, 3.63) is 74.3 Å². The van der Waals surface area contributed by atoms with Crippen molar-refractivity contribution in [1.29, 1.82) is 0 Å². The first-order valence-electron chi connectivity index (χ1n) is 10.7. The Labute approximate surface area is 205 Å². The number of benzene rings is 2. The number of hydrogen-bond donors (Lipinski definition) is 2. The largest absolute Gasteiger partial charge is 0.495 e. The van der Waals surface area contributed by atoms with Crippen molar-refractivity contribution in [2.75, 3.05) is 33.8 Å². The molecule has 0 bridgehead atoms. The van der Waals surface area contributed by atoms with Gasteiger partial charge in [0.05, 0.1) is 40.3 Å². The predicted octanol–water partition coefficient (Wildman–Crippen LogP) is 2.91. The van der Waals surface area contributed by atoms with Crippen LogP contribution in [-0.4, -0.2) is 43.9 Å². The fraction of sp³-hybridized carbons (Fsp3) is 0.240. The van der Waals surface area contributed by atoms with E-state index in [1.165, 1.54) is 28.4 Å². The van der Waals surface area contributed by atoms with Crippen molar-refractivity contribution in [3.63, 3.8) is 0 Å². The summed E-state index contributed by atoms with van der Waals surface area (Å²) in [7, 11) is 6.07. The SMILES string of the molecule is COc1ccc(/C=C/c2cc(OC)c(OC)c(OC)c2)cc1NC(=O)CCn1cc(F)c(=O)[nH]c1=O.